The van der Waals surface area contributed by atoms with Crippen LogP contribution in [0, 0.1) is 0 Å². The number of imide groups is 1. The van der Waals surface area contributed by atoms with E-state index in [0.717, 1.165) is 4.68 Å². The fourth-order valence-electron chi connectivity index (χ4n) is 1.20. The number of hydrogen-bond acceptors (Lipinski definition) is 6. The van der Waals surface area contributed by atoms with E-state index in [1.165, 1.54) is 6.20 Å². The number of nitrogens with two attached hydrogens (primary N) is 2. The molecule has 1 heterocycles. The zero-order chi connectivity index (χ0) is 13.7. The fraction of sp³-hybridized carbons (Fsp3) is 0.333. The number of amides is 3. The molecule has 0 aliphatic rings. The summed E-state index contributed by atoms with van der Waals surface area (Å²) >= 11 is 0. The lowest BCUT2D eigenvalue weighted by atomic mass is 10.4. The first-order valence-electron chi connectivity index (χ1n) is 5.03. The van der Waals surface area contributed by atoms with Crippen molar-refractivity contribution >= 4 is 23.6 Å². The normalized spacial score (nSPS) is 9.83. The predicted octanol–water partition coefficient (Wildman–Crippen LogP) is -1.16. The molecule has 98 valence electrons. The van der Waals surface area contributed by atoms with Crippen molar-refractivity contribution in [1.82, 2.24) is 15.1 Å². The number of primary amides is 1. The lowest BCUT2D eigenvalue weighted by molar-refractivity contribution is -0.120. The lowest BCUT2D eigenvalue weighted by Gasteiger charge is -2.00. The van der Waals surface area contributed by atoms with Crippen molar-refractivity contribution in [3.8, 4) is 0 Å². The Morgan fingerprint density at radius 1 is 1.50 bits per heavy atom. The monoisotopic (exact) mass is 255 g/mol. The molecule has 0 aliphatic carbocycles. The number of nitrogens with one attached hydrogen (secondary N) is 1. The van der Waals surface area contributed by atoms with Gasteiger partial charge in [0, 0.05) is 6.20 Å². The van der Waals surface area contributed by atoms with Gasteiger partial charge in [0.1, 0.15) is 6.54 Å². The second kappa shape index (κ2) is 5.66. The number of esters is 1. The summed E-state index contributed by atoms with van der Waals surface area (Å²) in [7, 11) is 0. The summed E-state index contributed by atoms with van der Waals surface area (Å²) < 4.78 is 5.83. The maximum absolute atomic E-state index is 11.4. The van der Waals surface area contributed by atoms with Gasteiger partial charge in [0.15, 0.2) is 5.69 Å². The molecular weight excluding hydrogens is 242 g/mol. The summed E-state index contributed by atoms with van der Waals surface area (Å²) in [6.07, 6.45) is 1.28. The summed E-state index contributed by atoms with van der Waals surface area (Å²) in [5, 5.41) is 5.64. The van der Waals surface area contributed by atoms with E-state index < -0.39 is 17.9 Å². The molecule has 9 nitrogen and oxygen atoms in total. The van der Waals surface area contributed by atoms with E-state index in [0.29, 0.717) is 0 Å². The minimum atomic E-state index is -0.967. The molecular formula is C9H13N5O4. The summed E-state index contributed by atoms with van der Waals surface area (Å²) in [5.41, 5.74) is 10.3. The Morgan fingerprint density at radius 3 is 2.72 bits per heavy atom. The molecule has 1 rings (SSSR count). The molecule has 0 atom stereocenters. The van der Waals surface area contributed by atoms with Crippen LogP contribution in [0.5, 0.6) is 0 Å². The van der Waals surface area contributed by atoms with E-state index in [4.69, 9.17) is 16.2 Å². The second-order valence-electron chi connectivity index (χ2n) is 3.26. The highest BCUT2D eigenvalue weighted by molar-refractivity contribution is 5.94. The Bertz CT molecular complexity index is 481. The first kappa shape index (κ1) is 13.5. The minimum Gasteiger partial charge on any atom is -0.461 e. The van der Waals surface area contributed by atoms with Crippen LogP contribution >= 0.6 is 0 Å². The number of carbonyl (C=O) groups excluding carboxylic acids is 3. The van der Waals surface area contributed by atoms with E-state index in [9.17, 15) is 14.4 Å². The molecule has 0 aromatic carbocycles. The van der Waals surface area contributed by atoms with E-state index in [1.54, 1.807) is 6.92 Å². The molecule has 5 N–H and O–H groups in total. The average molecular weight is 255 g/mol. The molecule has 0 fully saturated rings. The summed E-state index contributed by atoms with van der Waals surface area (Å²) in [6, 6.07) is -0.967. The minimum absolute atomic E-state index is 0.0799. The first-order chi connectivity index (χ1) is 8.43. The summed E-state index contributed by atoms with van der Waals surface area (Å²) in [5.74, 6) is -1.34. The van der Waals surface area contributed by atoms with Gasteiger partial charge in [-0.25, -0.2) is 9.59 Å². The van der Waals surface area contributed by atoms with Crippen LogP contribution in [-0.2, 0) is 16.1 Å². The highest BCUT2D eigenvalue weighted by atomic mass is 16.5. The third-order valence-electron chi connectivity index (χ3n) is 1.83. The molecule has 0 aliphatic heterocycles. The van der Waals surface area contributed by atoms with Crippen molar-refractivity contribution in [2.24, 2.45) is 5.73 Å². The van der Waals surface area contributed by atoms with Crippen molar-refractivity contribution in [3.63, 3.8) is 0 Å². The molecule has 0 bridgehead atoms. The number of nitrogens with zero attached hydrogens (tertiary/aromatic N) is 2. The smallest absolute Gasteiger partial charge is 0.361 e. The number of rotatable bonds is 4. The van der Waals surface area contributed by atoms with Crippen molar-refractivity contribution in [2.75, 3.05) is 12.3 Å². The molecule has 1 aromatic heterocycles. The molecule has 0 spiro atoms. The first-order valence-corrected chi connectivity index (χ1v) is 5.03. The average Bonchev–Trinajstić information content (AvgIpc) is 2.58. The SMILES string of the molecule is CCOC(=O)c1nn(CC(=O)NC(N)=O)cc1N. The molecule has 9 heteroatoms. The molecule has 1 aromatic rings. The van der Waals surface area contributed by atoms with Gasteiger partial charge in [0.05, 0.1) is 12.3 Å². The standard InChI is InChI=1S/C9H13N5O4/c1-2-18-8(16)7-5(10)3-14(13-7)4-6(15)12-9(11)17/h3H,2,4,10H2,1H3,(H3,11,12,15,17). The van der Waals surface area contributed by atoms with Crippen LogP contribution in [0.1, 0.15) is 17.4 Å². The highest BCUT2D eigenvalue weighted by Gasteiger charge is 2.17. The Morgan fingerprint density at radius 2 is 2.17 bits per heavy atom. The Labute approximate surface area is 102 Å². The maximum atomic E-state index is 11.4. The quantitative estimate of drug-likeness (QED) is 0.579. The zero-order valence-electron chi connectivity index (χ0n) is 9.67. The summed E-state index contributed by atoms with van der Waals surface area (Å²) in [6.45, 7) is 1.55. The number of ether oxygens (including phenoxy) is 1. The van der Waals surface area contributed by atoms with Crippen molar-refractivity contribution < 1.29 is 19.1 Å². The van der Waals surface area contributed by atoms with Crippen LogP contribution in [0.25, 0.3) is 0 Å². The number of aromatic nitrogens is 2. The third kappa shape index (κ3) is 3.47. The molecule has 0 unspecified atom stereocenters. The van der Waals surface area contributed by atoms with Crippen LogP contribution in [0.4, 0.5) is 10.5 Å². The second-order valence-corrected chi connectivity index (χ2v) is 3.26. The molecule has 0 saturated heterocycles. The zero-order valence-corrected chi connectivity index (χ0v) is 9.67. The third-order valence-corrected chi connectivity index (χ3v) is 1.83. The number of hydrogen-bond donors (Lipinski definition) is 3. The van der Waals surface area contributed by atoms with Gasteiger partial charge in [0.2, 0.25) is 5.91 Å². The van der Waals surface area contributed by atoms with Gasteiger partial charge < -0.3 is 16.2 Å². The number of carbonyl (C=O) groups is 3. The van der Waals surface area contributed by atoms with Crippen molar-refractivity contribution in [2.45, 2.75) is 13.5 Å². The van der Waals surface area contributed by atoms with Crippen LogP contribution in [0.2, 0.25) is 0 Å². The van der Waals surface area contributed by atoms with E-state index >= 15 is 0 Å². The van der Waals surface area contributed by atoms with Gasteiger partial charge in [-0.3, -0.25) is 14.8 Å². The molecule has 3 amide bonds. The van der Waals surface area contributed by atoms with Crippen LogP contribution in [0.15, 0.2) is 6.20 Å². The fourth-order valence-corrected chi connectivity index (χ4v) is 1.20. The van der Waals surface area contributed by atoms with E-state index in [2.05, 4.69) is 5.10 Å². The van der Waals surface area contributed by atoms with Gasteiger partial charge in [-0.1, -0.05) is 0 Å². The number of urea groups is 1. The van der Waals surface area contributed by atoms with Gasteiger partial charge in [-0.05, 0) is 6.92 Å². The Kier molecular flexibility index (Phi) is 4.24. The van der Waals surface area contributed by atoms with Gasteiger partial charge in [-0.2, -0.15) is 5.10 Å². The van der Waals surface area contributed by atoms with E-state index in [-0.39, 0.29) is 24.5 Å². The Balaban J connectivity index is 2.75. The lowest BCUT2D eigenvalue weighted by Crippen LogP contribution is -2.37. The van der Waals surface area contributed by atoms with Crippen LogP contribution in [-0.4, -0.2) is 34.3 Å². The summed E-state index contributed by atoms with van der Waals surface area (Å²) in [4.78, 5) is 33.0. The van der Waals surface area contributed by atoms with Gasteiger partial charge in [0.25, 0.3) is 0 Å². The van der Waals surface area contributed by atoms with Gasteiger partial charge in [-0.15, -0.1) is 0 Å². The Hall–Kier alpha value is -2.58. The predicted molar refractivity (Wildman–Crippen MR) is 60.3 cm³/mol. The number of nitrogen functional groups attached to an aromatic ring is 1. The highest BCUT2D eigenvalue weighted by Crippen LogP contribution is 2.10. The largest absolute Gasteiger partial charge is 0.461 e. The molecule has 0 radical (unpaired) electrons. The van der Waals surface area contributed by atoms with E-state index in [1.807, 2.05) is 5.32 Å². The molecule has 0 saturated carbocycles. The topological polar surface area (TPSA) is 142 Å². The van der Waals surface area contributed by atoms with Gasteiger partial charge >= 0.3 is 12.0 Å². The molecule has 18 heavy (non-hydrogen) atoms. The number of anilines is 1. The van der Waals surface area contributed by atoms with Crippen LogP contribution < -0.4 is 16.8 Å². The van der Waals surface area contributed by atoms with Crippen molar-refractivity contribution in [3.05, 3.63) is 11.9 Å². The maximum Gasteiger partial charge on any atom is 0.361 e. The van der Waals surface area contributed by atoms with Crippen LogP contribution in [0.3, 0.4) is 0 Å². The van der Waals surface area contributed by atoms with Crippen molar-refractivity contribution in [1.29, 1.82) is 0 Å².